The molecule has 1 aromatic carbocycles. The van der Waals surface area contributed by atoms with Crippen LogP contribution in [-0.2, 0) is 12.7 Å². The minimum absolute atomic E-state index is 0.129. The van der Waals surface area contributed by atoms with E-state index in [1.807, 2.05) is 0 Å². The highest BCUT2D eigenvalue weighted by atomic mass is 19.4. The van der Waals surface area contributed by atoms with Crippen LogP contribution >= 0.6 is 0 Å². The molecule has 0 bridgehead atoms. The van der Waals surface area contributed by atoms with Gasteiger partial charge in [-0.25, -0.2) is 0 Å². The fourth-order valence-corrected chi connectivity index (χ4v) is 2.39. The van der Waals surface area contributed by atoms with Gasteiger partial charge in [0.05, 0.1) is 5.56 Å². The first-order chi connectivity index (χ1) is 8.41. The molecule has 100 valence electrons. The second-order valence-electron chi connectivity index (χ2n) is 4.89. The van der Waals surface area contributed by atoms with Crippen LogP contribution in [0, 0.1) is 5.92 Å². The lowest BCUT2D eigenvalue weighted by molar-refractivity contribution is -0.137. The molecule has 0 aromatic heterocycles. The Labute approximate surface area is 105 Å². The molecule has 5 heteroatoms. The van der Waals surface area contributed by atoms with Gasteiger partial charge in [0.1, 0.15) is 0 Å². The van der Waals surface area contributed by atoms with Crippen LogP contribution in [0.5, 0.6) is 0 Å². The lowest BCUT2D eigenvalue weighted by Crippen LogP contribution is -2.22. The van der Waals surface area contributed by atoms with Crippen molar-refractivity contribution in [3.63, 3.8) is 0 Å². The van der Waals surface area contributed by atoms with E-state index in [4.69, 9.17) is 5.73 Å². The van der Waals surface area contributed by atoms with E-state index in [1.165, 1.54) is 6.07 Å². The van der Waals surface area contributed by atoms with Gasteiger partial charge in [0.15, 0.2) is 0 Å². The van der Waals surface area contributed by atoms with Gasteiger partial charge in [-0.15, -0.1) is 0 Å². The Balaban J connectivity index is 2.32. The van der Waals surface area contributed by atoms with Crippen LogP contribution in [0.15, 0.2) is 18.2 Å². The number of rotatable bonds is 2. The second kappa shape index (κ2) is 4.80. The lowest BCUT2D eigenvalue weighted by atomic mass is 10.1. The molecule has 2 nitrogen and oxygen atoms in total. The van der Waals surface area contributed by atoms with Crippen molar-refractivity contribution in [3.05, 3.63) is 29.3 Å². The van der Waals surface area contributed by atoms with Gasteiger partial charge < -0.3 is 10.6 Å². The molecule has 0 saturated carbocycles. The van der Waals surface area contributed by atoms with Crippen molar-refractivity contribution in [2.45, 2.75) is 26.1 Å². The maximum atomic E-state index is 12.6. The molecule has 18 heavy (non-hydrogen) atoms. The summed E-state index contributed by atoms with van der Waals surface area (Å²) in [5.41, 5.74) is 6.36. The number of halogens is 3. The molecule has 1 atom stereocenters. The summed E-state index contributed by atoms with van der Waals surface area (Å²) in [6, 6.07) is 3.85. The highest BCUT2D eigenvalue weighted by Crippen LogP contribution is 2.34. The van der Waals surface area contributed by atoms with Gasteiger partial charge in [-0.2, -0.15) is 13.2 Å². The Bertz CT molecular complexity index is 429. The number of alkyl halides is 3. The van der Waals surface area contributed by atoms with Gasteiger partial charge in [0.2, 0.25) is 0 Å². The highest BCUT2D eigenvalue weighted by Gasteiger charge is 2.31. The molecule has 0 aliphatic carbocycles. The van der Waals surface area contributed by atoms with Crippen molar-refractivity contribution in [3.8, 4) is 0 Å². The third-order valence-corrected chi connectivity index (χ3v) is 3.39. The second-order valence-corrected chi connectivity index (χ2v) is 4.89. The number of hydrogen-bond donors (Lipinski definition) is 1. The quantitative estimate of drug-likeness (QED) is 0.883. The third-order valence-electron chi connectivity index (χ3n) is 3.39. The molecular weight excluding hydrogens is 241 g/mol. The summed E-state index contributed by atoms with van der Waals surface area (Å²) in [5, 5.41) is 0. The maximum absolute atomic E-state index is 12.6. The normalized spacial score (nSPS) is 20.5. The van der Waals surface area contributed by atoms with Crippen LogP contribution in [0.3, 0.4) is 0 Å². The first-order valence-corrected chi connectivity index (χ1v) is 6.07. The van der Waals surface area contributed by atoms with Crippen LogP contribution in [0.25, 0.3) is 0 Å². The predicted molar refractivity (Wildman–Crippen MR) is 65.3 cm³/mol. The molecule has 1 aromatic rings. The van der Waals surface area contributed by atoms with E-state index in [0.29, 0.717) is 11.5 Å². The number of hydrogen-bond acceptors (Lipinski definition) is 2. The fraction of sp³-hybridized carbons (Fsp3) is 0.538. The van der Waals surface area contributed by atoms with Gasteiger partial charge in [-0.1, -0.05) is 6.92 Å². The first kappa shape index (κ1) is 13.2. The molecule has 1 unspecified atom stereocenters. The Morgan fingerprint density at radius 1 is 1.39 bits per heavy atom. The summed E-state index contributed by atoms with van der Waals surface area (Å²) in [6.07, 6.45) is -3.23. The Hall–Kier alpha value is -1.23. The van der Waals surface area contributed by atoms with Gasteiger partial charge in [0, 0.05) is 25.3 Å². The zero-order chi connectivity index (χ0) is 13.3. The van der Waals surface area contributed by atoms with E-state index in [0.717, 1.165) is 31.3 Å². The topological polar surface area (TPSA) is 29.3 Å². The zero-order valence-corrected chi connectivity index (χ0v) is 10.3. The van der Waals surface area contributed by atoms with Gasteiger partial charge in [-0.3, -0.25) is 0 Å². The number of nitrogens with zero attached hydrogens (tertiary/aromatic N) is 1. The highest BCUT2D eigenvalue weighted by molar-refractivity contribution is 5.56. The molecule has 1 aliphatic rings. The Morgan fingerprint density at radius 2 is 2.11 bits per heavy atom. The molecule has 0 radical (unpaired) electrons. The van der Waals surface area contributed by atoms with Crippen molar-refractivity contribution < 1.29 is 13.2 Å². The summed E-state index contributed by atoms with van der Waals surface area (Å²) >= 11 is 0. The van der Waals surface area contributed by atoms with Crippen molar-refractivity contribution >= 4 is 5.69 Å². The van der Waals surface area contributed by atoms with E-state index < -0.39 is 11.7 Å². The molecule has 1 heterocycles. The molecule has 2 N–H and O–H groups in total. The van der Waals surface area contributed by atoms with Gasteiger partial charge >= 0.3 is 6.18 Å². The van der Waals surface area contributed by atoms with Crippen molar-refractivity contribution in [1.82, 2.24) is 0 Å². The van der Waals surface area contributed by atoms with E-state index >= 15 is 0 Å². The average Bonchev–Trinajstić information content (AvgIpc) is 2.73. The maximum Gasteiger partial charge on any atom is 0.416 e. The van der Waals surface area contributed by atoms with E-state index in [2.05, 4.69) is 11.8 Å². The summed E-state index contributed by atoms with van der Waals surface area (Å²) in [5.74, 6) is 0.581. The smallest absolute Gasteiger partial charge is 0.371 e. The largest absolute Gasteiger partial charge is 0.416 e. The van der Waals surface area contributed by atoms with Gasteiger partial charge in [0.25, 0.3) is 0 Å². The van der Waals surface area contributed by atoms with Crippen LogP contribution in [0.2, 0.25) is 0 Å². The van der Waals surface area contributed by atoms with Crippen LogP contribution < -0.4 is 10.6 Å². The molecule has 1 aliphatic heterocycles. The number of benzene rings is 1. The first-order valence-electron chi connectivity index (χ1n) is 6.07. The van der Waals surface area contributed by atoms with Crippen LogP contribution in [0.1, 0.15) is 24.5 Å². The Morgan fingerprint density at radius 3 is 2.61 bits per heavy atom. The molecule has 1 fully saturated rings. The monoisotopic (exact) mass is 258 g/mol. The SMILES string of the molecule is CC1CCN(c2ccc(C(F)(F)F)cc2CN)C1. The molecule has 0 spiro atoms. The van der Waals surface area contributed by atoms with Crippen molar-refractivity contribution in [2.75, 3.05) is 18.0 Å². The Kier molecular flexibility index (Phi) is 3.52. The minimum atomic E-state index is -4.30. The summed E-state index contributed by atoms with van der Waals surface area (Å²) in [6.45, 7) is 4.05. The van der Waals surface area contributed by atoms with Gasteiger partial charge in [-0.05, 0) is 36.1 Å². The van der Waals surface area contributed by atoms with Crippen molar-refractivity contribution in [1.29, 1.82) is 0 Å². The van der Waals surface area contributed by atoms with Crippen LogP contribution in [0.4, 0.5) is 18.9 Å². The number of anilines is 1. The standard InChI is InChI=1S/C13H17F3N2/c1-9-4-5-18(8-9)12-3-2-11(13(14,15)16)6-10(12)7-17/h2-3,6,9H,4-5,7-8,17H2,1H3. The van der Waals surface area contributed by atoms with Crippen LogP contribution in [-0.4, -0.2) is 13.1 Å². The molecule has 0 amide bonds. The summed E-state index contributed by atoms with van der Waals surface area (Å²) in [4.78, 5) is 2.12. The molecule has 1 saturated heterocycles. The predicted octanol–water partition coefficient (Wildman–Crippen LogP) is 3.01. The molecular formula is C13H17F3N2. The van der Waals surface area contributed by atoms with E-state index in [9.17, 15) is 13.2 Å². The lowest BCUT2D eigenvalue weighted by Gasteiger charge is -2.22. The summed E-state index contributed by atoms with van der Waals surface area (Å²) in [7, 11) is 0. The van der Waals surface area contributed by atoms with Crippen molar-refractivity contribution in [2.24, 2.45) is 11.7 Å². The third kappa shape index (κ3) is 2.61. The minimum Gasteiger partial charge on any atom is -0.371 e. The van der Waals surface area contributed by atoms with E-state index in [-0.39, 0.29) is 6.54 Å². The number of nitrogens with two attached hydrogens (primary N) is 1. The average molecular weight is 258 g/mol. The fourth-order valence-electron chi connectivity index (χ4n) is 2.39. The summed E-state index contributed by atoms with van der Waals surface area (Å²) < 4.78 is 37.9. The van der Waals surface area contributed by atoms with E-state index in [1.54, 1.807) is 6.07 Å². The zero-order valence-electron chi connectivity index (χ0n) is 10.3. The molecule has 2 rings (SSSR count).